The van der Waals surface area contributed by atoms with Crippen LogP contribution in [0.4, 0.5) is 0 Å². The van der Waals surface area contributed by atoms with E-state index in [1.54, 1.807) is 0 Å². The Bertz CT molecular complexity index is 595. The van der Waals surface area contributed by atoms with Gasteiger partial charge in [-0.05, 0) is 43.7 Å². The van der Waals surface area contributed by atoms with E-state index in [1.165, 1.54) is 11.1 Å². The lowest BCUT2D eigenvalue weighted by molar-refractivity contribution is 0.0569. The standard InChI is InChI=1S/C16H23NO3S/c1-12-4-2-3-5-13(12)10-14-11-20-9-8-16(14)21(18,19)17-15-6-7-15/h2-5,14-17H,6-11H2,1H3. The predicted octanol–water partition coefficient (Wildman–Crippen LogP) is 2.02. The lowest BCUT2D eigenvalue weighted by atomic mass is 9.91. The van der Waals surface area contributed by atoms with Crippen LogP contribution in [0.2, 0.25) is 0 Å². The monoisotopic (exact) mass is 309 g/mol. The Morgan fingerprint density at radius 2 is 2.00 bits per heavy atom. The molecule has 2 atom stereocenters. The first-order valence-electron chi connectivity index (χ1n) is 7.69. The number of nitrogens with one attached hydrogen (secondary N) is 1. The van der Waals surface area contributed by atoms with E-state index in [0.29, 0.717) is 19.6 Å². The minimum atomic E-state index is -3.23. The van der Waals surface area contributed by atoms with Crippen LogP contribution in [-0.4, -0.2) is 32.9 Å². The third kappa shape index (κ3) is 3.65. The van der Waals surface area contributed by atoms with Crippen molar-refractivity contribution in [3.63, 3.8) is 0 Å². The van der Waals surface area contributed by atoms with Crippen LogP contribution in [0.15, 0.2) is 24.3 Å². The molecule has 0 aromatic heterocycles. The molecule has 0 bridgehead atoms. The Morgan fingerprint density at radius 3 is 2.71 bits per heavy atom. The maximum absolute atomic E-state index is 12.6. The van der Waals surface area contributed by atoms with Crippen LogP contribution in [0.5, 0.6) is 0 Å². The van der Waals surface area contributed by atoms with Crippen molar-refractivity contribution in [1.29, 1.82) is 0 Å². The van der Waals surface area contributed by atoms with Gasteiger partial charge in [0.2, 0.25) is 10.0 Å². The van der Waals surface area contributed by atoms with Crippen LogP contribution in [0.1, 0.15) is 30.4 Å². The molecule has 1 aliphatic carbocycles. The minimum absolute atomic E-state index is 0.0381. The van der Waals surface area contributed by atoms with Crippen molar-refractivity contribution in [2.24, 2.45) is 5.92 Å². The van der Waals surface area contributed by atoms with E-state index >= 15 is 0 Å². The van der Waals surface area contributed by atoms with Gasteiger partial charge >= 0.3 is 0 Å². The van der Waals surface area contributed by atoms with Gasteiger partial charge in [0, 0.05) is 18.6 Å². The smallest absolute Gasteiger partial charge is 0.215 e. The molecule has 21 heavy (non-hydrogen) atoms. The van der Waals surface area contributed by atoms with Gasteiger partial charge in [-0.15, -0.1) is 0 Å². The Hall–Kier alpha value is -0.910. The third-order valence-electron chi connectivity index (χ3n) is 4.45. The van der Waals surface area contributed by atoms with Gasteiger partial charge in [-0.2, -0.15) is 0 Å². The van der Waals surface area contributed by atoms with Crippen molar-refractivity contribution >= 4 is 10.0 Å². The van der Waals surface area contributed by atoms with Crippen LogP contribution in [0, 0.1) is 12.8 Å². The molecule has 2 unspecified atom stereocenters. The summed E-state index contributed by atoms with van der Waals surface area (Å²) in [7, 11) is -3.23. The number of hydrogen-bond acceptors (Lipinski definition) is 3. The molecule has 4 nitrogen and oxygen atoms in total. The molecule has 1 aliphatic heterocycles. The van der Waals surface area contributed by atoms with E-state index in [4.69, 9.17) is 4.74 Å². The third-order valence-corrected chi connectivity index (χ3v) is 6.53. The van der Waals surface area contributed by atoms with E-state index in [1.807, 2.05) is 12.1 Å². The Labute approximate surface area is 126 Å². The molecule has 2 aliphatic rings. The highest BCUT2D eigenvalue weighted by Crippen LogP contribution is 2.28. The van der Waals surface area contributed by atoms with Crippen LogP contribution in [-0.2, 0) is 21.2 Å². The molecule has 116 valence electrons. The summed E-state index contributed by atoms with van der Waals surface area (Å²) in [5, 5.41) is -0.327. The van der Waals surface area contributed by atoms with Crippen molar-refractivity contribution in [3.05, 3.63) is 35.4 Å². The van der Waals surface area contributed by atoms with Crippen LogP contribution in [0.3, 0.4) is 0 Å². The number of benzene rings is 1. The fourth-order valence-electron chi connectivity index (χ4n) is 3.02. The highest BCUT2D eigenvalue weighted by Gasteiger charge is 2.39. The van der Waals surface area contributed by atoms with E-state index in [-0.39, 0.29) is 17.2 Å². The summed E-state index contributed by atoms with van der Waals surface area (Å²) >= 11 is 0. The topological polar surface area (TPSA) is 55.4 Å². The number of rotatable bonds is 5. The average molecular weight is 309 g/mol. The summed E-state index contributed by atoms with van der Waals surface area (Å²) in [4.78, 5) is 0. The molecule has 2 fully saturated rings. The van der Waals surface area contributed by atoms with Gasteiger partial charge in [-0.25, -0.2) is 13.1 Å². The summed E-state index contributed by atoms with van der Waals surface area (Å²) in [6.45, 7) is 3.15. The summed E-state index contributed by atoms with van der Waals surface area (Å²) in [6.07, 6.45) is 3.32. The molecule has 5 heteroatoms. The molecule has 1 saturated heterocycles. The molecule has 1 saturated carbocycles. The molecular formula is C16H23NO3S. The second-order valence-corrected chi connectivity index (χ2v) is 8.16. The van der Waals surface area contributed by atoms with Crippen molar-refractivity contribution in [1.82, 2.24) is 4.72 Å². The van der Waals surface area contributed by atoms with Gasteiger partial charge in [0.25, 0.3) is 0 Å². The quantitative estimate of drug-likeness (QED) is 0.905. The molecule has 1 heterocycles. The van der Waals surface area contributed by atoms with E-state index < -0.39 is 10.0 Å². The van der Waals surface area contributed by atoms with Crippen molar-refractivity contribution in [3.8, 4) is 0 Å². The van der Waals surface area contributed by atoms with Crippen molar-refractivity contribution < 1.29 is 13.2 Å². The van der Waals surface area contributed by atoms with Gasteiger partial charge < -0.3 is 4.74 Å². The normalized spacial score (nSPS) is 26.7. The van der Waals surface area contributed by atoms with Crippen LogP contribution < -0.4 is 4.72 Å². The summed E-state index contributed by atoms with van der Waals surface area (Å²) < 4.78 is 33.5. The first-order valence-corrected chi connectivity index (χ1v) is 9.24. The fourth-order valence-corrected chi connectivity index (χ4v) is 4.98. The van der Waals surface area contributed by atoms with Gasteiger partial charge in [0.15, 0.2) is 0 Å². The predicted molar refractivity (Wildman–Crippen MR) is 82.7 cm³/mol. The number of aryl methyl sites for hydroxylation is 1. The fraction of sp³-hybridized carbons (Fsp3) is 0.625. The Morgan fingerprint density at radius 1 is 1.24 bits per heavy atom. The maximum atomic E-state index is 12.6. The highest BCUT2D eigenvalue weighted by molar-refractivity contribution is 7.90. The van der Waals surface area contributed by atoms with Gasteiger partial charge in [0.05, 0.1) is 11.9 Å². The van der Waals surface area contributed by atoms with E-state index in [2.05, 4.69) is 23.8 Å². The summed E-state index contributed by atoms with van der Waals surface area (Å²) in [5.74, 6) is 0.0381. The summed E-state index contributed by atoms with van der Waals surface area (Å²) in [5.41, 5.74) is 2.44. The largest absolute Gasteiger partial charge is 0.381 e. The van der Waals surface area contributed by atoms with Crippen molar-refractivity contribution in [2.45, 2.75) is 43.9 Å². The van der Waals surface area contributed by atoms with Gasteiger partial charge in [-0.3, -0.25) is 0 Å². The van der Waals surface area contributed by atoms with Crippen LogP contribution in [0.25, 0.3) is 0 Å². The first kappa shape index (κ1) is 15.0. The van der Waals surface area contributed by atoms with Crippen molar-refractivity contribution in [2.75, 3.05) is 13.2 Å². The second kappa shape index (κ2) is 6.07. The Kier molecular flexibility index (Phi) is 4.33. The number of hydrogen-bond donors (Lipinski definition) is 1. The Balaban J connectivity index is 1.76. The zero-order valence-electron chi connectivity index (χ0n) is 12.4. The van der Waals surface area contributed by atoms with E-state index in [9.17, 15) is 8.42 Å². The van der Waals surface area contributed by atoms with E-state index in [0.717, 1.165) is 19.3 Å². The van der Waals surface area contributed by atoms with Gasteiger partial charge in [0.1, 0.15) is 0 Å². The average Bonchev–Trinajstić information content (AvgIpc) is 3.25. The number of sulfonamides is 1. The molecule has 0 radical (unpaired) electrons. The highest BCUT2D eigenvalue weighted by atomic mass is 32.2. The first-order chi connectivity index (χ1) is 10.1. The maximum Gasteiger partial charge on any atom is 0.215 e. The zero-order chi connectivity index (χ0) is 14.9. The van der Waals surface area contributed by atoms with Crippen LogP contribution >= 0.6 is 0 Å². The molecule has 0 amide bonds. The number of ether oxygens (including phenoxy) is 1. The summed E-state index contributed by atoms with van der Waals surface area (Å²) in [6, 6.07) is 8.36. The lowest BCUT2D eigenvalue weighted by Gasteiger charge is -2.31. The molecule has 1 aromatic carbocycles. The lowest BCUT2D eigenvalue weighted by Crippen LogP contribution is -2.45. The molecule has 1 aromatic rings. The molecule has 3 rings (SSSR count). The molecule has 0 spiro atoms. The second-order valence-electron chi connectivity index (χ2n) is 6.23. The SMILES string of the molecule is Cc1ccccc1CC1COCCC1S(=O)(=O)NC1CC1. The molecular weight excluding hydrogens is 286 g/mol. The minimum Gasteiger partial charge on any atom is -0.381 e. The van der Waals surface area contributed by atoms with Gasteiger partial charge in [-0.1, -0.05) is 24.3 Å². The zero-order valence-corrected chi connectivity index (χ0v) is 13.2. The molecule has 1 N–H and O–H groups in total.